The lowest BCUT2D eigenvalue weighted by Crippen LogP contribution is -2.17. The number of carbonyl (C=O) groups is 1. The molecular weight excluding hydrogens is 290 g/mol. The molecule has 1 amide bonds. The van der Waals surface area contributed by atoms with Crippen LogP contribution in [0.25, 0.3) is 11.8 Å². The highest BCUT2D eigenvalue weighted by Gasteiger charge is 2.03. The summed E-state index contributed by atoms with van der Waals surface area (Å²) in [4.78, 5) is 12.0. The van der Waals surface area contributed by atoms with Crippen molar-refractivity contribution in [1.29, 1.82) is 0 Å². The standard InChI is InChI=1S/C18H15N3O2/c22-18(20-19-11-3-5-17-6-4-14-23-17)15-7-9-16(10-8-15)21-12-1-2-13-21/h1-14H,(H,20,22)/b5-3+,19-11-. The zero-order chi connectivity index (χ0) is 15.9. The van der Waals surface area contributed by atoms with Crippen LogP contribution in [0, 0.1) is 0 Å². The van der Waals surface area contributed by atoms with Crippen LogP contribution < -0.4 is 5.43 Å². The van der Waals surface area contributed by atoms with E-state index in [1.807, 2.05) is 47.3 Å². The van der Waals surface area contributed by atoms with Crippen molar-refractivity contribution in [1.82, 2.24) is 9.99 Å². The molecule has 0 bridgehead atoms. The van der Waals surface area contributed by atoms with Crippen molar-refractivity contribution in [2.45, 2.75) is 0 Å². The molecule has 1 aromatic carbocycles. The van der Waals surface area contributed by atoms with Gasteiger partial charge in [0.2, 0.25) is 0 Å². The summed E-state index contributed by atoms with van der Waals surface area (Å²) in [7, 11) is 0. The molecule has 5 nitrogen and oxygen atoms in total. The van der Waals surface area contributed by atoms with Crippen LogP contribution >= 0.6 is 0 Å². The molecule has 0 saturated carbocycles. The van der Waals surface area contributed by atoms with Gasteiger partial charge in [0.15, 0.2) is 0 Å². The van der Waals surface area contributed by atoms with E-state index in [1.54, 1.807) is 36.6 Å². The van der Waals surface area contributed by atoms with Gasteiger partial charge < -0.3 is 8.98 Å². The third-order valence-electron chi connectivity index (χ3n) is 3.16. The van der Waals surface area contributed by atoms with Gasteiger partial charge in [0.1, 0.15) is 5.76 Å². The number of hydrogen-bond acceptors (Lipinski definition) is 3. The number of amides is 1. The molecule has 5 heteroatoms. The Hall–Kier alpha value is -3.34. The largest absolute Gasteiger partial charge is 0.465 e. The minimum Gasteiger partial charge on any atom is -0.465 e. The highest BCUT2D eigenvalue weighted by molar-refractivity contribution is 5.94. The second-order valence-corrected chi connectivity index (χ2v) is 4.73. The maximum Gasteiger partial charge on any atom is 0.271 e. The molecule has 0 aliphatic heterocycles. The van der Waals surface area contributed by atoms with Gasteiger partial charge in [0.25, 0.3) is 5.91 Å². The maximum absolute atomic E-state index is 12.0. The fourth-order valence-corrected chi connectivity index (χ4v) is 2.02. The first-order valence-corrected chi connectivity index (χ1v) is 7.10. The van der Waals surface area contributed by atoms with E-state index in [4.69, 9.17) is 4.42 Å². The monoisotopic (exact) mass is 305 g/mol. The second-order valence-electron chi connectivity index (χ2n) is 4.73. The van der Waals surface area contributed by atoms with Gasteiger partial charge in [-0.15, -0.1) is 0 Å². The van der Waals surface area contributed by atoms with Gasteiger partial charge in [-0.25, -0.2) is 5.43 Å². The number of hydrazone groups is 1. The Bertz CT molecular complexity index is 799. The summed E-state index contributed by atoms with van der Waals surface area (Å²) in [5.74, 6) is 0.468. The minimum atomic E-state index is -0.258. The number of benzene rings is 1. The van der Waals surface area contributed by atoms with Crippen LogP contribution in [0.2, 0.25) is 0 Å². The average Bonchev–Trinajstić information content (AvgIpc) is 3.28. The quantitative estimate of drug-likeness (QED) is 0.579. The summed E-state index contributed by atoms with van der Waals surface area (Å²) in [6.07, 6.45) is 10.4. The summed E-state index contributed by atoms with van der Waals surface area (Å²) < 4.78 is 7.11. The van der Waals surface area contributed by atoms with E-state index in [2.05, 4.69) is 10.5 Å². The summed E-state index contributed by atoms with van der Waals surface area (Å²) in [5, 5.41) is 3.86. The molecule has 114 valence electrons. The van der Waals surface area contributed by atoms with Crippen molar-refractivity contribution in [2.75, 3.05) is 0 Å². The van der Waals surface area contributed by atoms with E-state index < -0.39 is 0 Å². The molecule has 23 heavy (non-hydrogen) atoms. The van der Waals surface area contributed by atoms with Crippen molar-refractivity contribution >= 4 is 18.2 Å². The molecule has 1 N–H and O–H groups in total. The van der Waals surface area contributed by atoms with Gasteiger partial charge in [0, 0.05) is 29.9 Å². The van der Waals surface area contributed by atoms with Crippen molar-refractivity contribution in [3.8, 4) is 5.69 Å². The Kier molecular flexibility index (Phi) is 4.49. The average molecular weight is 305 g/mol. The third kappa shape index (κ3) is 3.85. The Morgan fingerprint density at radius 2 is 1.87 bits per heavy atom. The molecular formula is C18H15N3O2. The zero-order valence-corrected chi connectivity index (χ0v) is 12.3. The molecule has 0 aliphatic carbocycles. The first kappa shape index (κ1) is 14.6. The van der Waals surface area contributed by atoms with Crippen LogP contribution in [0.5, 0.6) is 0 Å². The van der Waals surface area contributed by atoms with Crippen LogP contribution in [0.4, 0.5) is 0 Å². The number of nitrogens with zero attached hydrogens (tertiary/aromatic N) is 2. The smallest absolute Gasteiger partial charge is 0.271 e. The molecule has 0 spiro atoms. The molecule has 3 rings (SSSR count). The molecule has 3 aromatic rings. The predicted molar refractivity (Wildman–Crippen MR) is 89.5 cm³/mol. The van der Waals surface area contributed by atoms with Crippen LogP contribution in [-0.4, -0.2) is 16.7 Å². The maximum atomic E-state index is 12.0. The minimum absolute atomic E-state index is 0.258. The number of nitrogens with one attached hydrogen (secondary N) is 1. The summed E-state index contributed by atoms with van der Waals surface area (Å²) in [5.41, 5.74) is 4.02. The Labute approximate surface area is 133 Å². The van der Waals surface area contributed by atoms with E-state index in [-0.39, 0.29) is 5.91 Å². The van der Waals surface area contributed by atoms with Crippen LogP contribution in [0.3, 0.4) is 0 Å². The Balaban J connectivity index is 1.56. The Morgan fingerprint density at radius 1 is 1.09 bits per heavy atom. The van der Waals surface area contributed by atoms with E-state index >= 15 is 0 Å². The first-order valence-electron chi connectivity index (χ1n) is 7.10. The van der Waals surface area contributed by atoms with E-state index in [9.17, 15) is 4.79 Å². The van der Waals surface area contributed by atoms with Gasteiger partial charge >= 0.3 is 0 Å². The third-order valence-corrected chi connectivity index (χ3v) is 3.16. The second kappa shape index (κ2) is 7.09. The van der Waals surface area contributed by atoms with E-state index in [0.717, 1.165) is 11.4 Å². The van der Waals surface area contributed by atoms with Gasteiger partial charge in [-0.3, -0.25) is 4.79 Å². The lowest BCUT2D eigenvalue weighted by atomic mass is 10.2. The fraction of sp³-hybridized carbons (Fsp3) is 0. The van der Waals surface area contributed by atoms with E-state index in [0.29, 0.717) is 5.56 Å². The number of furan rings is 1. The van der Waals surface area contributed by atoms with Gasteiger partial charge in [0.05, 0.1) is 6.26 Å². The molecule has 0 saturated heterocycles. The summed E-state index contributed by atoms with van der Waals surface area (Å²) in [6, 6.07) is 14.8. The van der Waals surface area contributed by atoms with Crippen LogP contribution in [0.15, 0.2) is 82.8 Å². The van der Waals surface area contributed by atoms with Crippen molar-refractivity contribution in [3.05, 3.63) is 84.6 Å². The molecule has 2 aromatic heterocycles. The number of hydrogen-bond donors (Lipinski definition) is 1. The van der Waals surface area contributed by atoms with Crippen molar-refractivity contribution in [3.63, 3.8) is 0 Å². The number of rotatable bonds is 5. The van der Waals surface area contributed by atoms with Crippen molar-refractivity contribution in [2.24, 2.45) is 5.10 Å². The zero-order valence-electron chi connectivity index (χ0n) is 12.3. The molecule has 2 heterocycles. The SMILES string of the molecule is O=C(N/N=C\C=C\c1ccco1)c1ccc(-n2cccc2)cc1. The lowest BCUT2D eigenvalue weighted by molar-refractivity contribution is 0.0955. The first-order chi connectivity index (χ1) is 11.3. The molecule has 0 atom stereocenters. The lowest BCUT2D eigenvalue weighted by Gasteiger charge is -2.04. The summed E-state index contributed by atoms with van der Waals surface area (Å²) >= 11 is 0. The topological polar surface area (TPSA) is 59.5 Å². The van der Waals surface area contributed by atoms with Crippen LogP contribution in [0.1, 0.15) is 16.1 Å². The fourth-order valence-electron chi connectivity index (χ4n) is 2.02. The van der Waals surface area contributed by atoms with E-state index in [1.165, 1.54) is 6.21 Å². The molecule has 0 aliphatic rings. The highest BCUT2D eigenvalue weighted by atomic mass is 16.3. The molecule has 0 fully saturated rings. The number of aromatic nitrogens is 1. The Morgan fingerprint density at radius 3 is 2.57 bits per heavy atom. The number of allylic oxidation sites excluding steroid dienone is 1. The predicted octanol–water partition coefficient (Wildman–Crippen LogP) is 3.50. The van der Waals surface area contributed by atoms with Gasteiger partial charge in [-0.05, 0) is 60.7 Å². The number of carbonyl (C=O) groups excluding carboxylic acids is 1. The van der Waals surface area contributed by atoms with Crippen molar-refractivity contribution < 1.29 is 9.21 Å². The molecule has 0 unspecified atom stereocenters. The highest BCUT2D eigenvalue weighted by Crippen LogP contribution is 2.10. The normalized spacial score (nSPS) is 11.3. The van der Waals surface area contributed by atoms with Gasteiger partial charge in [-0.2, -0.15) is 5.10 Å². The van der Waals surface area contributed by atoms with Crippen LogP contribution in [-0.2, 0) is 0 Å². The molecule has 0 radical (unpaired) electrons. The summed E-state index contributed by atoms with van der Waals surface area (Å²) in [6.45, 7) is 0. The van der Waals surface area contributed by atoms with Gasteiger partial charge in [-0.1, -0.05) is 0 Å².